The molecule has 0 aromatic heterocycles. The van der Waals surface area contributed by atoms with Crippen molar-refractivity contribution in [1.29, 1.82) is 0 Å². The Balaban J connectivity index is 1.81. The van der Waals surface area contributed by atoms with Gasteiger partial charge in [-0.15, -0.1) is 0 Å². The second-order valence-electron chi connectivity index (χ2n) is 5.69. The standard InChI is InChI=1S/C18H17ClN2O6/c1-11-3-6-16(12(2)7-11)26-10-18(23)27-9-17(22)20-15-5-4-13(21(24)25)8-14(15)19/h3-8H,9-10H2,1-2H3,(H,20,22). The van der Waals surface area contributed by atoms with Crippen LogP contribution >= 0.6 is 11.6 Å². The molecule has 0 unspecified atom stereocenters. The molecule has 2 aromatic carbocycles. The fourth-order valence-electron chi connectivity index (χ4n) is 2.19. The smallest absolute Gasteiger partial charge is 0.344 e. The van der Waals surface area contributed by atoms with Gasteiger partial charge in [0.2, 0.25) is 0 Å². The van der Waals surface area contributed by atoms with Crippen LogP contribution in [0.2, 0.25) is 5.02 Å². The van der Waals surface area contributed by atoms with Gasteiger partial charge in [-0.05, 0) is 31.5 Å². The molecule has 0 aliphatic carbocycles. The number of amides is 1. The van der Waals surface area contributed by atoms with Crippen LogP contribution in [0.15, 0.2) is 36.4 Å². The molecule has 0 radical (unpaired) electrons. The summed E-state index contributed by atoms with van der Waals surface area (Å²) in [4.78, 5) is 33.6. The lowest BCUT2D eigenvalue weighted by Crippen LogP contribution is -2.23. The maximum absolute atomic E-state index is 11.8. The largest absolute Gasteiger partial charge is 0.482 e. The van der Waals surface area contributed by atoms with Crippen LogP contribution in [-0.4, -0.2) is 30.0 Å². The van der Waals surface area contributed by atoms with Crippen LogP contribution in [0, 0.1) is 24.0 Å². The summed E-state index contributed by atoms with van der Waals surface area (Å²) in [6, 6.07) is 9.13. The average Bonchev–Trinajstić information content (AvgIpc) is 2.60. The van der Waals surface area contributed by atoms with Crippen LogP contribution < -0.4 is 10.1 Å². The Labute approximate surface area is 160 Å². The van der Waals surface area contributed by atoms with Gasteiger partial charge < -0.3 is 14.8 Å². The van der Waals surface area contributed by atoms with Crippen LogP contribution in [-0.2, 0) is 14.3 Å². The lowest BCUT2D eigenvalue weighted by atomic mass is 10.1. The third kappa shape index (κ3) is 5.96. The first-order valence-corrected chi connectivity index (χ1v) is 8.23. The molecular formula is C18H17ClN2O6. The first kappa shape index (κ1) is 20.2. The van der Waals surface area contributed by atoms with E-state index >= 15 is 0 Å². The molecule has 8 nitrogen and oxygen atoms in total. The predicted molar refractivity (Wildman–Crippen MR) is 99.1 cm³/mol. The summed E-state index contributed by atoms with van der Waals surface area (Å²) in [5, 5.41) is 13.1. The summed E-state index contributed by atoms with van der Waals surface area (Å²) in [7, 11) is 0. The van der Waals surface area contributed by atoms with E-state index < -0.39 is 23.4 Å². The summed E-state index contributed by atoms with van der Waals surface area (Å²) in [6.07, 6.45) is 0. The number of anilines is 1. The SMILES string of the molecule is Cc1ccc(OCC(=O)OCC(=O)Nc2ccc([N+](=O)[O-])cc2Cl)c(C)c1. The van der Waals surface area contributed by atoms with E-state index in [0.717, 1.165) is 17.2 Å². The van der Waals surface area contributed by atoms with E-state index in [1.807, 2.05) is 26.0 Å². The summed E-state index contributed by atoms with van der Waals surface area (Å²) in [6.45, 7) is 2.92. The third-order valence-corrected chi connectivity index (χ3v) is 3.79. The van der Waals surface area contributed by atoms with E-state index in [0.29, 0.717) is 5.75 Å². The van der Waals surface area contributed by atoms with Crippen LogP contribution in [0.1, 0.15) is 11.1 Å². The molecule has 0 aliphatic heterocycles. The first-order valence-electron chi connectivity index (χ1n) is 7.85. The molecule has 0 atom stereocenters. The molecular weight excluding hydrogens is 376 g/mol. The second-order valence-corrected chi connectivity index (χ2v) is 6.09. The van der Waals surface area contributed by atoms with Crippen LogP contribution in [0.4, 0.5) is 11.4 Å². The zero-order chi connectivity index (χ0) is 20.0. The Morgan fingerprint density at radius 1 is 1.15 bits per heavy atom. The van der Waals surface area contributed by atoms with Gasteiger partial charge in [0, 0.05) is 12.1 Å². The highest BCUT2D eigenvalue weighted by molar-refractivity contribution is 6.34. The zero-order valence-electron chi connectivity index (χ0n) is 14.7. The first-order chi connectivity index (χ1) is 12.8. The second kappa shape index (κ2) is 9.00. The van der Waals surface area contributed by atoms with Crippen molar-refractivity contribution >= 4 is 34.9 Å². The number of hydrogen-bond donors (Lipinski definition) is 1. The normalized spacial score (nSPS) is 10.2. The number of ether oxygens (including phenoxy) is 2. The zero-order valence-corrected chi connectivity index (χ0v) is 15.4. The Morgan fingerprint density at radius 2 is 1.89 bits per heavy atom. The van der Waals surface area contributed by atoms with Crippen molar-refractivity contribution in [2.45, 2.75) is 13.8 Å². The van der Waals surface area contributed by atoms with Crippen LogP contribution in [0.5, 0.6) is 5.75 Å². The average molecular weight is 393 g/mol. The van der Waals surface area contributed by atoms with E-state index in [-0.39, 0.29) is 23.0 Å². The van der Waals surface area contributed by atoms with Crippen molar-refractivity contribution in [1.82, 2.24) is 0 Å². The lowest BCUT2D eigenvalue weighted by molar-refractivity contribution is -0.384. The number of carbonyl (C=O) groups excluding carboxylic acids is 2. The van der Waals surface area contributed by atoms with E-state index in [4.69, 9.17) is 21.1 Å². The number of benzene rings is 2. The highest BCUT2D eigenvalue weighted by Crippen LogP contribution is 2.26. The topological polar surface area (TPSA) is 108 Å². The Kier molecular flexibility index (Phi) is 6.73. The molecule has 1 amide bonds. The maximum atomic E-state index is 11.8. The highest BCUT2D eigenvalue weighted by Gasteiger charge is 2.13. The van der Waals surface area contributed by atoms with Gasteiger partial charge in [-0.25, -0.2) is 4.79 Å². The van der Waals surface area contributed by atoms with Gasteiger partial charge in [0.1, 0.15) is 5.75 Å². The Hall–Kier alpha value is -3.13. The van der Waals surface area contributed by atoms with Crippen molar-refractivity contribution in [3.05, 3.63) is 62.7 Å². The number of nitro benzene ring substituents is 1. The van der Waals surface area contributed by atoms with Gasteiger partial charge >= 0.3 is 5.97 Å². The van der Waals surface area contributed by atoms with Crippen molar-refractivity contribution in [3.8, 4) is 5.75 Å². The molecule has 142 valence electrons. The van der Waals surface area contributed by atoms with Crippen molar-refractivity contribution in [2.75, 3.05) is 18.5 Å². The summed E-state index contributed by atoms with van der Waals surface area (Å²) in [5.74, 6) is -0.787. The number of nitro groups is 1. The number of halogens is 1. The minimum absolute atomic E-state index is 0.00190. The number of nitrogens with one attached hydrogen (secondary N) is 1. The molecule has 27 heavy (non-hydrogen) atoms. The van der Waals surface area contributed by atoms with Crippen molar-refractivity contribution < 1.29 is 24.0 Å². The van der Waals surface area contributed by atoms with Crippen molar-refractivity contribution in [3.63, 3.8) is 0 Å². The van der Waals surface area contributed by atoms with E-state index in [2.05, 4.69) is 5.32 Å². The minimum atomic E-state index is -0.708. The monoisotopic (exact) mass is 392 g/mol. The molecule has 0 saturated carbocycles. The maximum Gasteiger partial charge on any atom is 0.344 e. The molecule has 2 rings (SSSR count). The number of aryl methyl sites for hydroxylation is 2. The highest BCUT2D eigenvalue weighted by atomic mass is 35.5. The molecule has 2 aromatic rings. The number of rotatable bonds is 7. The van der Waals surface area contributed by atoms with Crippen LogP contribution in [0.25, 0.3) is 0 Å². The Morgan fingerprint density at radius 3 is 2.52 bits per heavy atom. The number of carbonyl (C=O) groups is 2. The molecule has 0 aliphatic rings. The summed E-state index contributed by atoms with van der Waals surface area (Å²) < 4.78 is 10.2. The van der Waals surface area contributed by atoms with E-state index in [1.54, 1.807) is 6.07 Å². The van der Waals surface area contributed by atoms with E-state index in [1.165, 1.54) is 12.1 Å². The van der Waals surface area contributed by atoms with Gasteiger partial charge in [-0.1, -0.05) is 29.3 Å². The molecule has 0 fully saturated rings. The van der Waals surface area contributed by atoms with Gasteiger partial charge in [0.05, 0.1) is 15.6 Å². The third-order valence-electron chi connectivity index (χ3n) is 3.48. The molecule has 0 saturated heterocycles. The molecule has 1 N–H and O–H groups in total. The van der Waals surface area contributed by atoms with Crippen LogP contribution in [0.3, 0.4) is 0 Å². The van der Waals surface area contributed by atoms with Gasteiger partial charge in [0.15, 0.2) is 13.2 Å². The predicted octanol–water partition coefficient (Wildman–Crippen LogP) is 3.43. The summed E-state index contributed by atoms with van der Waals surface area (Å²) >= 11 is 5.88. The number of esters is 1. The fourth-order valence-corrected chi connectivity index (χ4v) is 2.41. The number of non-ortho nitro benzene ring substituents is 1. The fraction of sp³-hybridized carbons (Fsp3) is 0.222. The van der Waals surface area contributed by atoms with Crippen molar-refractivity contribution in [2.24, 2.45) is 0 Å². The van der Waals surface area contributed by atoms with Gasteiger partial charge in [-0.2, -0.15) is 0 Å². The molecule has 0 spiro atoms. The minimum Gasteiger partial charge on any atom is -0.482 e. The molecule has 0 bridgehead atoms. The molecule has 9 heteroatoms. The van der Waals surface area contributed by atoms with Gasteiger partial charge in [0.25, 0.3) is 11.6 Å². The summed E-state index contributed by atoms with van der Waals surface area (Å²) in [5.41, 5.74) is 1.93. The van der Waals surface area contributed by atoms with E-state index in [9.17, 15) is 19.7 Å². The number of hydrogen-bond acceptors (Lipinski definition) is 6. The van der Waals surface area contributed by atoms with Gasteiger partial charge in [-0.3, -0.25) is 14.9 Å². The quantitative estimate of drug-likeness (QED) is 0.439. The Bertz CT molecular complexity index is 884. The number of nitrogens with zero attached hydrogens (tertiary/aromatic N) is 1. The molecule has 0 heterocycles. The lowest BCUT2D eigenvalue weighted by Gasteiger charge is -2.10.